The lowest BCUT2D eigenvalue weighted by molar-refractivity contribution is -0.139. The number of carbonyl (C=O) groups excluding carboxylic acids is 1. The smallest absolute Gasteiger partial charge is 0.228 e. The molecule has 3 heterocycles. The molecule has 0 unspecified atom stereocenters. The first-order valence-corrected chi connectivity index (χ1v) is 8.23. The molecule has 2 saturated heterocycles. The third kappa shape index (κ3) is 3.47. The van der Waals surface area contributed by atoms with E-state index in [0.29, 0.717) is 5.91 Å². The fourth-order valence-electron chi connectivity index (χ4n) is 3.35. The van der Waals surface area contributed by atoms with Crippen molar-refractivity contribution in [2.45, 2.75) is 32.4 Å². The third-order valence-corrected chi connectivity index (χ3v) is 4.73. The van der Waals surface area contributed by atoms with Crippen molar-refractivity contribution in [3.05, 3.63) is 12.7 Å². The van der Waals surface area contributed by atoms with E-state index >= 15 is 0 Å². The lowest BCUT2D eigenvalue weighted by atomic mass is 9.97. The Morgan fingerprint density at radius 1 is 1.27 bits per heavy atom. The SMILES string of the molecule is CC[C@@H]1OCC[C@H]1C(=O)N1CCN(CCn2cncn2)CC1. The first kappa shape index (κ1) is 15.4. The van der Waals surface area contributed by atoms with Crippen molar-refractivity contribution in [3.8, 4) is 0 Å². The van der Waals surface area contributed by atoms with Crippen molar-refractivity contribution in [3.63, 3.8) is 0 Å². The summed E-state index contributed by atoms with van der Waals surface area (Å²) < 4.78 is 7.50. The van der Waals surface area contributed by atoms with Gasteiger partial charge >= 0.3 is 0 Å². The van der Waals surface area contributed by atoms with Gasteiger partial charge in [-0.15, -0.1) is 0 Å². The van der Waals surface area contributed by atoms with E-state index in [0.717, 1.165) is 58.7 Å². The van der Waals surface area contributed by atoms with E-state index in [2.05, 4.69) is 21.9 Å². The molecule has 1 aromatic rings. The maximum Gasteiger partial charge on any atom is 0.228 e. The zero-order valence-corrected chi connectivity index (χ0v) is 13.2. The molecule has 1 aromatic heterocycles. The number of carbonyl (C=O) groups is 1. The van der Waals surface area contributed by atoms with Gasteiger partial charge in [0.1, 0.15) is 12.7 Å². The van der Waals surface area contributed by atoms with Gasteiger partial charge in [0, 0.05) is 39.3 Å². The molecule has 2 aliphatic heterocycles. The summed E-state index contributed by atoms with van der Waals surface area (Å²) >= 11 is 0. The zero-order valence-electron chi connectivity index (χ0n) is 13.2. The van der Waals surface area contributed by atoms with Crippen LogP contribution in [-0.4, -0.2) is 75.9 Å². The van der Waals surface area contributed by atoms with Crippen LogP contribution in [0.25, 0.3) is 0 Å². The Morgan fingerprint density at radius 3 is 2.77 bits per heavy atom. The first-order chi connectivity index (χ1) is 10.8. The number of hydrogen-bond donors (Lipinski definition) is 0. The van der Waals surface area contributed by atoms with Gasteiger partial charge in [0.05, 0.1) is 18.6 Å². The molecular weight excluding hydrogens is 282 g/mol. The Kier molecular flexibility index (Phi) is 5.04. The Labute approximate surface area is 131 Å². The van der Waals surface area contributed by atoms with E-state index in [9.17, 15) is 4.79 Å². The lowest BCUT2D eigenvalue weighted by Gasteiger charge is -2.36. The molecule has 0 spiro atoms. The molecule has 0 saturated carbocycles. The number of piperazine rings is 1. The molecule has 0 N–H and O–H groups in total. The molecule has 0 bridgehead atoms. The molecule has 1 amide bonds. The van der Waals surface area contributed by atoms with Gasteiger partial charge in [-0.2, -0.15) is 5.10 Å². The minimum atomic E-state index is 0.0756. The maximum atomic E-state index is 12.6. The van der Waals surface area contributed by atoms with Crippen LogP contribution < -0.4 is 0 Å². The van der Waals surface area contributed by atoms with E-state index in [1.807, 2.05) is 9.58 Å². The Morgan fingerprint density at radius 2 is 2.09 bits per heavy atom. The van der Waals surface area contributed by atoms with Gasteiger partial charge in [-0.05, 0) is 12.8 Å². The summed E-state index contributed by atoms with van der Waals surface area (Å²) in [4.78, 5) is 21.0. The zero-order chi connectivity index (χ0) is 15.4. The van der Waals surface area contributed by atoms with E-state index < -0.39 is 0 Å². The molecule has 22 heavy (non-hydrogen) atoms. The van der Waals surface area contributed by atoms with Crippen LogP contribution in [0.15, 0.2) is 12.7 Å². The highest BCUT2D eigenvalue weighted by Crippen LogP contribution is 2.25. The van der Waals surface area contributed by atoms with Crippen LogP contribution >= 0.6 is 0 Å². The van der Waals surface area contributed by atoms with Crippen molar-refractivity contribution in [2.75, 3.05) is 39.3 Å². The summed E-state index contributed by atoms with van der Waals surface area (Å²) in [7, 11) is 0. The molecule has 0 aliphatic carbocycles. The van der Waals surface area contributed by atoms with Gasteiger partial charge in [-0.1, -0.05) is 6.92 Å². The molecule has 3 rings (SSSR count). The summed E-state index contributed by atoms with van der Waals surface area (Å²) in [6.07, 6.45) is 5.23. The summed E-state index contributed by atoms with van der Waals surface area (Å²) in [6, 6.07) is 0. The van der Waals surface area contributed by atoms with Crippen molar-refractivity contribution in [2.24, 2.45) is 5.92 Å². The monoisotopic (exact) mass is 307 g/mol. The highest BCUT2D eigenvalue weighted by atomic mass is 16.5. The van der Waals surface area contributed by atoms with Crippen molar-refractivity contribution < 1.29 is 9.53 Å². The highest BCUT2D eigenvalue weighted by Gasteiger charge is 2.36. The van der Waals surface area contributed by atoms with Crippen LogP contribution in [0, 0.1) is 5.92 Å². The standard InChI is InChI=1S/C15H25N5O2/c1-2-14-13(3-10-22-14)15(21)19-7-4-18(5-8-19)6-9-20-12-16-11-17-20/h11-14H,2-10H2,1H3/t13-,14+/m1/s1. The molecular formula is C15H25N5O2. The average molecular weight is 307 g/mol. The summed E-state index contributed by atoms with van der Waals surface area (Å²) in [5, 5.41) is 4.11. The van der Waals surface area contributed by atoms with E-state index in [-0.39, 0.29) is 12.0 Å². The second-order valence-corrected chi connectivity index (χ2v) is 6.04. The van der Waals surface area contributed by atoms with E-state index in [1.165, 1.54) is 0 Å². The fourth-order valence-corrected chi connectivity index (χ4v) is 3.35. The van der Waals surface area contributed by atoms with E-state index in [4.69, 9.17) is 4.74 Å². The van der Waals surface area contributed by atoms with Crippen LogP contribution in [0.2, 0.25) is 0 Å². The first-order valence-electron chi connectivity index (χ1n) is 8.23. The van der Waals surface area contributed by atoms with Crippen molar-refractivity contribution >= 4 is 5.91 Å². The van der Waals surface area contributed by atoms with Crippen LogP contribution in [0.3, 0.4) is 0 Å². The summed E-state index contributed by atoms with van der Waals surface area (Å²) in [6.45, 7) is 8.14. The Balaban J connectivity index is 1.44. The quantitative estimate of drug-likeness (QED) is 0.779. The van der Waals surface area contributed by atoms with Gasteiger partial charge in [0.2, 0.25) is 5.91 Å². The molecule has 2 fully saturated rings. The number of rotatable bonds is 5. The minimum Gasteiger partial charge on any atom is -0.377 e. The van der Waals surface area contributed by atoms with Crippen molar-refractivity contribution in [1.29, 1.82) is 0 Å². The molecule has 2 aliphatic rings. The summed E-state index contributed by atoms with van der Waals surface area (Å²) in [5.41, 5.74) is 0. The topological polar surface area (TPSA) is 63.5 Å². The minimum absolute atomic E-state index is 0.0756. The number of hydrogen-bond acceptors (Lipinski definition) is 5. The Hall–Kier alpha value is -1.47. The molecule has 7 nitrogen and oxygen atoms in total. The fraction of sp³-hybridized carbons (Fsp3) is 0.800. The van der Waals surface area contributed by atoms with Crippen LogP contribution in [0.5, 0.6) is 0 Å². The normalized spacial score (nSPS) is 26.5. The molecule has 122 valence electrons. The van der Waals surface area contributed by atoms with Gasteiger partial charge in [0.25, 0.3) is 0 Å². The number of nitrogens with zero attached hydrogens (tertiary/aromatic N) is 5. The highest BCUT2D eigenvalue weighted by molar-refractivity contribution is 5.79. The predicted octanol–water partition coefficient (Wildman–Crippen LogP) is 0.237. The van der Waals surface area contributed by atoms with Gasteiger partial charge < -0.3 is 9.64 Å². The maximum absolute atomic E-state index is 12.6. The Bertz CT molecular complexity index is 470. The van der Waals surface area contributed by atoms with E-state index in [1.54, 1.807) is 12.7 Å². The lowest BCUT2D eigenvalue weighted by Crippen LogP contribution is -2.51. The number of amides is 1. The largest absolute Gasteiger partial charge is 0.377 e. The van der Waals surface area contributed by atoms with Crippen LogP contribution in [0.1, 0.15) is 19.8 Å². The van der Waals surface area contributed by atoms with Gasteiger partial charge in [-0.3, -0.25) is 14.4 Å². The van der Waals surface area contributed by atoms with Crippen LogP contribution in [-0.2, 0) is 16.1 Å². The molecule has 0 aromatic carbocycles. The predicted molar refractivity (Wildman–Crippen MR) is 81.2 cm³/mol. The molecule has 0 radical (unpaired) electrons. The second kappa shape index (κ2) is 7.19. The third-order valence-electron chi connectivity index (χ3n) is 4.73. The number of ether oxygens (including phenoxy) is 1. The van der Waals surface area contributed by atoms with Crippen LogP contribution in [0.4, 0.5) is 0 Å². The number of aromatic nitrogens is 3. The molecule has 7 heteroatoms. The van der Waals surface area contributed by atoms with Gasteiger partial charge in [0.15, 0.2) is 0 Å². The van der Waals surface area contributed by atoms with Gasteiger partial charge in [-0.25, -0.2) is 4.98 Å². The summed E-state index contributed by atoms with van der Waals surface area (Å²) in [5.74, 6) is 0.368. The average Bonchev–Trinajstić information content (AvgIpc) is 3.23. The van der Waals surface area contributed by atoms with Crippen molar-refractivity contribution in [1.82, 2.24) is 24.6 Å². The second-order valence-electron chi connectivity index (χ2n) is 6.04. The molecule has 2 atom stereocenters.